The third-order valence-electron chi connectivity index (χ3n) is 4.38. The molecule has 0 aromatic carbocycles. The maximum atomic E-state index is 6.37. The fraction of sp³-hybridized carbons (Fsp3) is 0.800. The molecule has 1 N–H and O–H groups in total. The molecular weight excluding hydrogens is 258 g/mol. The maximum Gasteiger partial charge on any atom is 0.130 e. The van der Waals surface area contributed by atoms with Crippen LogP contribution in [0.25, 0.3) is 0 Å². The summed E-state index contributed by atoms with van der Waals surface area (Å²) in [7, 11) is 1.92. The topological polar surface area (TPSA) is 29.9 Å². The van der Waals surface area contributed by atoms with Gasteiger partial charge in [-0.15, -0.1) is 0 Å². The Balaban J connectivity index is 2.11. The Bertz CT molecular complexity index is 408. The number of nitrogens with one attached hydrogen (secondary N) is 1. The minimum atomic E-state index is 0.547. The molecule has 3 nitrogen and oxygen atoms in total. The Hall–Kier alpha value is -0.540. The van der Waals surface area contributed by atoms with E-state index in [0.717, 1.165) is 29.7 Å². The molecule has 1 saturated carbocycles. The van der Waals surface area contributed by atoms with Gasteiger partial charge in [0.25, 0.3) is 0 Å². The number of hydrogen-bond acceptors (Lipinski definition) is 2. The van der Waals surface area contributed by atoms with Crippen LogP contribution in [0.4, 0.5) is 0 Å². The van der Waals surface area contributed by atoms with Gasteiger partial charge in [0.1, 0.15) is 5.15 Å². The SMILES string of the molecule is CCNC(Cc1c(C)nn(C)c1Cl)C1CCCCC1. The standard InChI is InChI=1S/C15H26ClN3/c1-4-17-14(12-8-6-5-7-9-12)10-13-11(2)18-19(3)15(13)16/h12,14,17H,4-10H2,1-3H3. The second kappa shape index (κ2) is 6.76. The fourth-order valence-electron chi connectivity index (χ4n) is 3.33. The van der Waals surface area contributed by atoms with Gasteiger partial charge in [0, 0.05) is 18.7 Å². The third-order valence-corrected chi connectivity index (χ3v) is 4.85. The highest BCUT2D eigenvalue weighted by molar-refractivity contribution is 6.30. The summed E-state index contributed by atoms with van der Waals surface area (Å²) in [6.07, 6.45) is 7.89. The maximum absolute atomic E-state index is 6.37. The van der Waals surface area contributed by atoms with E-state index >= 15 is 0 Å². The summed E-state index contributed by atoms with van der Waals surface area (Å²) in [6.45, 7) is 5.27. The quantitative estimate of drug-likeness (QED) is 0.897. The van der Waals surface area contributed by atoms with Crippen LogP contribution in [0.5, 0.6) is 0 Å². The molecular formula is C15H26ClN3. The van der Waals surface area contributed by atoms with E-state index in [9.17, 15) is 0 Å². The Morgan fingerprint density at radius 1 is 1.37 bits per heavy atom. The van der Waals surface area contributed by atoms with Crippen LogP contribution in [0.15, 0.2) is 0 Å². The zero-order valence-electron chi connectivity index (χ0n) is 12.4. The number of aromatic nitrogens is 2. The zero-order chi connectivity index (χ0) is 13.8. The monoisotopic (exact) mass is 283 g/mol. The van der Waals surface area contributed by atoms with Gasteiger partial charge < -0.3 is 5.32 Å². The number of likely N-dealkylation sites (N-methyl/N-ethyl adjacent to an activating group) is 1. The summed E-state index contributed by atoms with van der Waals surface area (Å²) in [5.41, 5.74) is 2.30. The van der Waals surface area contributed by atoms with Gasteiger partial charge in [0.2, 0.25) is 0 Å². The molecule has 2 rings (SSSR count). The van der Waals surface area contributed by atoms with Crippen molar-refractivity contribution in [2.24, 2.45) is 13.0 Å². The summed E-state index contributed by atoms with van der Waals surface area (Å²) in [5, 5.41) is 8.90. The van der Waals surface area contributed by atoms with Crippen LogP contribution in [-0.2, 0) is 13.5 Å². The average molecular weight is 284 g/mol. The fourth-order valence-corrected chi connectivity index (χ4v) is 3.58. The van der Waals surface area contributed by atoms with Crippen molar-refractivity contribution >= 4 is 11.6 Å². The third kappa shape index (κ3) is 3.51. The largest absolute Gasteiger partial charge is 0.314 e. The second-order valence-electron chi connectivity index (χ2n) is 5.74. The highest BCUT2D eigenvalue weighted by atomic mass is 35.5. The first kappa shape index (κ1) is 14.9. The lowest BCUT2D eigenvalue weighted by Gasteiger charge is -2.31. The van der Waals surface area contributed by atoms with Gasteiger partial charge in [-0.1, -0.05) is 37.8 Å². The lowest BCUT2D eigenvalue weighted by atomic mass is 9.81. The van der Waals surface area contributed by atoms with E-state index in [1.807, 2.05) is 7.05 Å². The number of aryl methyl sites for hydroxylation is 2. The van der Waals surface area contributed by atoms with Crippen LogP contribution in [0.2, 0.25) is 5.15 Å². The molecule has 0 saturated heterocycles. The molecule has 1 aliphatic rings. The molecule has 0 amide bonds. The van der Waals surface area contributed by atoms with Gasteiger partial charge in [0.05, 0.1) is 5.69 Å². The van der Waals surface area contributed by atoms with Crippen LogP contribution in [0, 0.1) is 12.8 Å². The van der Waals surface area contributed by atoms with E-state index in [1.54, 1.807) is 4.68 Å². The molecule has 1 unspecified atom stereocenters. The van der Waals surface area contributed by atoms with Crippen molar-refractivity contribution in [3.05, 3.63) is 16.4 Å². The molecule has 4 heteroatoms. The second-order valence-corrected chi connectivity index (χ2v) is 6.10. The Morgan fingerprint density at radius 3 is 2.58 bits per heavy atom. The molecule has 1 heterocycles. The average Bonchev–Trinajstić information content (AvgIpc) is 2.65. The number of rotatable bonds is 5. The molecule has 1 aromatic rings. The first-order valence-corrected chi connectivity index (χ1v) is 7.92. The first-order chi connectivity index (χ1) is 9.13. The van der Waals surface area contributed by atoms with Crippen molar-refractivity contribution in [1.82, 2.24) is 15.1 Å². The predicted octanol–water partition coefficient (Wildman–Crippen LogP) is 3.48. The molecule has 0 radical (unpaired) electrons. The van der Waals surface area contributed by atoms with Crippen molar-refractivity contribution in [3.8, 4) is 0 Å². The van der Waals surface area contributed by atoms with Crippen LogP contribution >= 0.6 is 11.6 Å². The summed E-state index contributed by atoms with van der Waals surface area (Å²) < 4.78 is 1.79. The van der Waals surface area contributed by atoms with E-state index in [-0.39, 0.29) is 0 Å². The minimum absolute atomic E-state index is 0.547. The van der Waals surface area contributed by atoms with Gasteiger partial charge in [-0.25, -0.2) is 0 Å². The molecule has 1 aliphatic carbocycles. The summed E-state index contributed by atoms with van der Waals surface area (Å²) in [4.78, 5) is 0. The molecule has 1 aromatic heterocycles. The van der Waals surface area contributed by atoms with E-state index in [1.165, 1.54) is 37.7 Å². The zero-order valence-corrected chi connectivity index (χ0v) is 13.1. The Kier molecular flexibility index (Phi) is 5.28. The van der Waals surface area contributed by atoms with E-state index in [4.69, 9.17) is 11.6 Å². The molecule has 108 valence electrons. The summed E-state index contributed by atoms with van der Waals surface area (Å²) >= 11 is 6.37. The van der Waals surface area contributed by atoms with Crippen molar-refractivity contribution in [2.75, 3.05) is 6.54 Å². The van der Waals surface area contributed by atoms with Crippen LogP contribution in [-0.4, -0.2) is 22.4 Å². The number of halogens is 1. The molecule has 0 spiro atoms. The van der Waals surface area contributed by atoms with Crippen LogP contribution < -0.4 is 5.32 Å². The molecule has 0 bridgehead atoms. The van der Waals surface area contributed by atoms with Gasteiger partial charge in [-0.3, -0.25) is 4.68 Å². The van der Waals surface area contributed by atoms with Gasteiger partial charge in [0.15, 0.2) is 0 Å². The minimum Gasteiger partial charge on any atom is -0.314 e. The summed E-state index contributed by atoms with van der Waals surface area (Å²) in [6, 6.07) is 0.547. The number of hydrogen-bond donors (Lipinski definition) is 1. The normalized spacial score (nSPS) is 18.7. The first-order valence-electron chi connectivity index (χ1n) is 7.54. The van der Waals surface area contributed by atoms with E-state index in [0.29, 0.717) is 6.04 Å². The summed E-state index contributed by atoms with van der Waals surface area (Å²) in [5.74, 6) is 0.796. The van der Waals surface area contributed by atoms with Gasteiger partial charge in [-0.2, -0.15) is 5.10 Å². The highest BCUT2D eigenvalue weighted by Crippen LogP contribution is 2.30. The lowest BCUT2D eigenvalue weighted by Crippen LogP contribution is -2.39. The molecule has 1 fully saturated rings. The molecule has 19 heavy (non-hydrogen) atoms. The van der Waals surface area contributed by atoms with Crippen molar-refractivity contribution in [3.63, 3.8) is 0 Å². The van der Waals surface area contributed by atoms with Gasteiger partial charge >= 0.3 is 0 Å². The van der Waals surface area contributed by atoms with E-state index < -0.39 is 0 Å². The molecule has 1 atom stereocenters. The van der Waals surface area contributed by atoms with E-state index in [2.05, 4.69) is 24.3 Å². The van der Waals surface area contributed by atoms with Crippen molar-refractivity contribution in [2.45, 2.75) is 58.4 Å². The Morgan fingerprint density at radius 2 is 2.05 bits per heavy atom. The highest BCUT2D eigenvalue weighted by Gasteiger charge is 2.25. The van der Waals surface area contributed by atoms with Crippen LogP contribution in [0.3, 0.4) is 0 Å². The van der Waals surface area contributed by atoms with Gasteiger partial charge in [-0.05, 0) is 38.6 Å². The molecule has 0 aliphatic heterocycles. The Labute approximate surface area is 121 Å². The predicted molar refractivity (Wildman–Crippen MR) is 80.7 cm³/mol. The lowest BCUT2D eigenvalue weighted by molar-refractivity contribution is 0.269. The smallest absolute Gasteiger partial charge is 0.130 e. The van der Waals surface area contributed by atoms with Crippen LogP contribution in [0.1, 0.15) is 50.3 Å². The van der Waals surface area contributed by atoms with Crippen molar-refractivity contribution in [1.29, 1.82) is 0 Å². The number of nitrogens with zero attached hydrogens (tertiary/aromatic N) is 2. The van der Waals surface area contributed by atoms with Crippen molar-refractivity contribution < 1.29 is 0 Å².